The minimum atomic E-state index is -1.29. The van der Waals surface area contributed by atoms with Crippen LogP contribution in [0.25, 0.3) is 0 Å². The van der Waals surface area contributed by atoms with Crippen LogP contribution in [-0.2, 0) is 20.5 Å². The topological polar surface area (TPSA) is 66.4 Å². The molecule has 1 aliphatic rings. The molecule has 1 unspecified atom stereocenters. The molecule has 4 nitrogen and oxygen atoms in total. The van der Waals surface area contributed by atoms with Crippen LogP contribution in [-0.4, -0.2) is 17.0 Å². The highest BCUT2D eigenvalue weighted by Gasteiger charge is 2.48. The highest BCUT2D eigenvalue weighted by atomic mass is 16.4. The van der Waals surface area contributed by atoms with Crippen LogP contribution >= 0.6 is 0 Å². The fraction of sp³-hybridized carbons (Fsp3) is 0.467. The molecule has 1 aromatic rings. The second kappa shape index (κ2) is 4.37. The Bertz CT molecular complexity index is 536. The van der Waals surface area contributed by atoms with Crippen LogP contribution in [0, 0.1) is 0 Å². The van der Waals surface area contributed by atoms with Gasteiger partial charge in [0.2, 0.25) is 5.91 Å². The quantitative estimate of drug-likeness (QED) is 0.857. The Labute approximate surface area is 112 Å². The van der Waals surface area contributed by atoms with Crippen LogP contribution < -0.4 is 5.32 Å². The Kier molecular flexibility index (Phi) is 3.12. The monoisotopic (exact) mass is 261 g/mol. The summed E-state index contributed by atoms with van der Waals surface area (Å²) in [5.74, 6) is -1.32. The van der Waals surface area contributed by atoms with Gasteiger partial charge in [0.1, 0.15) is 0 Å². The minimum Gasteiger partial charge on any atom is -0.479 e. The van der Waals surface area contributed by atoms with Gasteiger partial charge in [0.15, 0.2) is 5.54 Å². The average molecular weight is 261 g/mol. The van der Waals surface area contributed by atoms with Gasteiger partial charge in [-0.05, 0) is 29.4 Å². The molecule has 1 aromatic carbocycles. The largest absolute Gasteiger partial charge is 0.479 e. The summed E-state index contributed by atoms with van der Waals surface area (Å²) in [6.45, 7) is 5.56. The number of aliphatic carboxylic acids is 1. The lowest BCUT2D eigenvalue weighted by Crippen LogP contribution is -2.55. The Morgan fingerprint density at radius 2 is 1.74 bits per heavy atom. The van der Waals surface area contributed by atoms with Crippen molar-refractivity contribution in [1.82, 2.24) is 5.32 Å². The van der Waals surface area contributed by atoms with Crippen molar-refractivity contribution in [2.45, 2.75) is 44.6 Å². The summed E-state index contributed by atoms with van der Waals surface area (Å²) in [5, 5.41) is 12.3. The van der Waals surface area contributed by atoms with Crippen LogP contribution in [0.3, 0.4) is 0 Å². The average Bonchev–Trinajstić information content (AvgIpc) is 2.33. The molecule has 4 heteroatoms. The summed E-state index contributed by atoms with van der Waals surface area (Å²) in [6, 6.07) is 7.49. The maximum absolute atomic E-state index is 11.8. The summed E-state index contributed by atoms with van der Waals surface area (Å²) in [4.78, 5) is 23.2. The second-order valence-electron chi connectivity index (χ2n) is 5.82. The summed E-state index contributed by atoms with van der Waals surface area (Å²) < 4.78 is 0. The first kappa shape index (κ1) is 13.6. The van der Waals surface area contributed by atoms with Gasteiger partial charge in [-0.25, -0.2) is 4.79 Å². The highest BCUT2D eigenvalue weighted by molar-refractivity contribution is 5.88. The minimum absolute atomic E-state index is 0.0754. The molecule has 0 saturated carbocycles. The van der Waals surface area contributed by atoms with Gasteiger partial charge in [0, 0.05) is 6.92 Å². The maximum Gasteiger partial charge on any atom is 0.334 e. The zero-order valence-electron chi connectivity index (χ0n) is 11.5. The molecule has 0 aromatic heterocycles. The van der Waals surface area contributed by atoms with Gasteiger partial charge >= 0.3 is 5.97 Å². The fourth-order valence-electron chi connectivity index (χ4n) is 2.92. The van der Waals surface area contributed by atoms with Gasteiger partial charge in [-0.2, -0.15) is 0 Å². The predicted octanol–water partition coefficient (Wildman–Crippen LogP) is 2.17. The van der Waals surface area contributed by atoms with E-state index in [0.29, 0.717) is 12.0 Å². The molecule has 2 rings (SSSR count). The van der Waals surface area contributed by atoms with Crippen LogP contribution in [0.2, 0.25) is 0 Å². The number of amides is 1. The van der Waals surface area contributed by atoms with Gasteiger partial charge in [-0.15, -0.1) is 0 Å². The maximum atomic E-state index is 11.8. The van der Waals surface area contributed by atoms with E-state index < -0.39 is 11.5 Å². The van der Waals surface area contributed by atoms with Crippen LogP contribution in [0.4, 0.5) is 0 Å². The number of hydrogen-bond donors (Lipinski definition) is 2. The van der Waals surface area contributed by atoms with Crippen molar-refractivity contribution < 1.29 is 14.7 Å². The number of carbonyl (C=O) groups excluding carboxylic acids is 1. The number of carbonyl (C=O) groups is 2. The summed E-state index contributed by atoms with van der Waals surface area (Å²) in [7, 11) is 0. The van der Waals surface area contributed by atoms with Crippen molar-refractivity contribution in [3.05, 3.63) is 35.4 Å². The lowest BCUT2D eigenvalue weighted by atomic mass is 9.65. The zero-order chi connectivity index (χ0) is 14.3. The van der Waals surface area contributed by atoms with Gasteiger partial charge < -0.3 is 10.4 Å². The summed E-state index contributed by atoms with van der Waals surface area (Å²) in [5.41, 5.74) is 0.331. The smallest absolute Gasteiger partial charge is 0.334 e. The predicted molar refractivity (Wildman–Crippen MR) is 71.8 cm³/mol. The summed E-state index contributed by atoms with van der Waals surface area (Å²) >= 11 is 0. The van der Waals surface area contributed by atoms with Crippen LogP contribution in [0.5, 0.6) is 0 Å². The molecule has 19 heavy (non-hydrogen) atoms. The highest BCUT2D eigenvalue weighted by Crippen LogP contribution is 2.44. The number of hydrogen-bond acceptors (Lipinski definition) is 2. The van der Waals surface area contributed by atoms with Crippen molar-refractivity contribution in [3.63, 3.8) is 0 Å². The molecule has 1 amide bonds. The van der Waals surface area contributed by atoms with Crippen LogP contribution in [0.15, 0.2) is 24.3 Å². The Morgan fingerprint density at radius 1 is 1.16 bits per heavy atom. The van der Waals surface area contributed by atoms with Gasteiger partial charge in [-0.1, -0.05) is 38.1 Å². The van der Waals surface area contributed by atoms with E-state index in [1.165, 1.54) is 6.92 Å². The summed E-state index contributed by atoms with van der Waals surface area (Å²) in [6.07, 6.45) is 1.13. The molecule has 1 aliphatic carbocycles. The van der Waals surface area contributed by atoms with Crippen molar-refractivity contribution in [2.24, 2.45) is 0 Å². The molecule has 0 aliphatic heterocycles. The number of fused-ring (bicyclic) bond motifs is 1. The first-order chi connectivity index (χ1) is 8.79. The van der Waals surface area contributed by atoms with E-state index in [0.717, 1.165) is 12.0 Å². The van der Waals surface area contributed by atoms with E-state index in [-0.39, 0.29) is 11.3 Å². The third-order valence-electron chi connectivity index (χ3n) is 4.00. The molecule has 0 bridgehead atoms. The first-order valence-electron chi connectivity index (χ1n) is 6.42. The van der Waals surface area contributed by atoms with E-state index in [9.17, 15) is 14.7 Å². The van der Waals surface area contributed by atoms with Crippen molar-refractivity contribution in [1.29, 1.82) is 0 Å². The van der Waals surface area contributed by atoms with Gasteiger partial charge in [0.05, 0.1) is 0 Å². The third kappa shape index (κ3) is 2.11. The molecule has 0 fully saturated rings. The zero-order valence-corrected chi connectivity index (χ0v) is 11.5. The van der Waals surface area contributed by atoms with E-state index in [2.05, 4.69) is 19.2 Å². The van der Waals surface area contributed by atoms with Crippen molar-refractivity contribution in [3.8, 4) is 0 Å². The normalized spacial score (nSPS) is 24.4. The Hall–Kier alpha value is -1.84. The number of rotatable bonds is 2. The standard InChI is InChI=1S/C15H19NO3/c1-10(17)16-15(13(18)19)9-8-14(2,3)11-6-4-5-7-12(11)15/h4-7H,8-9H2,1-3H3,(H,16,17)(H,18,19). The molecule has 0 radical (unpaired) electrons. The Morgan fingerprint density at radius 3 is 2.26 bits per heavy atom. The molecule has 1 atom stereocenters. The molecule has 0 saturated heterocycles. The lowest BCUT2D eigenvalue weighted by molar-refractivity contribution is -0.149. The van der Waals surface area contributed by atoms with E-state index in [4.69, 9.17) is 0 Å². The number of carboxylic acid groups (broad SMARTS) is 1. The molecule has 0 spiro atoms. The Balaban J connectivity index is 2.65. The van der Waals surface area contributed by atoms with Crippen molar-refractivity contribution in [2.75, 3.05) is 0 Å². The van der Waals surface area contributed by atoms with E-state index in [1.54, 1.807) is 6.07 Å². The van der Waals surface area contributed by atoms with Gasteiger partial charge in [0.25, 0.3) is 0 Å². The molecule has 102 valence electrons. The molecular formula is C15H19NO3. The van der Waals surface area contributed by atoms with Gasteiger partial charge in [-0.3, -0.25) is 4.79 Å². The lowest BCUT2D eigenvalue weighted by Gasteiger charge is -2.43. The second-order valence-corrected chi connectivity index (χ2v) is 5.82. The first-order valence-corrected chi connectivity index (χ1v) is 6.42. The molecule has 0 heterocycles. The number of nitrogens with one attached hydrogen (secondary N) is 1. The van der Waals surface area contributed by atoms with Crippen LogP contribution in [0.1, 0.15) is 44.7 Å². The van der Waals surface area contributed by atoms with Crippen molar-refractivity contribution >= 4 is 11.9 Å². The molecular weight excluding hydrogens is 242 g/mol. The van der Waals surface area contributed by atoms with E-state index in [1.807, 2.05) is 18.2 Å². The molecule has 2 N–H and O–H groups in total. The number of benzene rings is 1. The number of carboxylic acids is 1. The fourth-order valence-corrected chi connectivity index (χ4v) is 2.92. The third-order valence-corrected chi connectivity index (χ3v) is 4.00. The van der Waals surface area contributed by atoms with E-state index >= 15 is 0 Å². The SMILES string of the molecule is CC(=O)NC1(C(=O)O)CCC(C)(C)c2ccccc21.